The average molecular weight is 266 g/mol. The van der Waals surface area contributed by atoms with Crippen LogP contribution in [-0.2, 0) is 4.79 Å². The van der Waals surface area contributed by atoms with Crippen LogP contribution in [0.5, 0.6) is 0 Å². The van der Waals surface area contributed by atoms with E-state index < -0.39 is 6.10 Å². The predicted octanol–water partition coefficient (Wildman–Crippen LogP) is 1.30. The molecule has 2 rings (SSSR count). The molecule has 4 heteroatoms. The molecule has 0 radical (unpaired) electrons. The molecule has 0 bridgehead atoms. The van der Waals surface area contributed by atoms with Crippen molar-refractivity contribution in [1.29, 1.82) is 0 Å². The third-order valence-electron chi connectivity index (χ3n) is 4.03. The lowest BCUT2D eigenvalue weighted by Gasteiger charge is -2.33. The van der Waals surface area contributed by atoms with Gasteiger partial charge in [0.1, 0.15) is 6.10 Å². The number of carbonyl (C=O) groups excluding carboxylic acids is 1. The van der Waals surface area contributed by atoms with Crippen LogP contribution in [0, 0.1) is 5.92 Å². The number of carbonyl (C=O) groups is 1. The maximum Gasteiger partial charge on any atom is 0.249 e. The Morgan fingerprint density at radius 2 is 1.95 bits per heavy atom. The first-order valence-electron chi connectivity index (χ1n) is 7.40. The van der Waals surface area contributed by atoms with Crippen molar-refractivity contribution in [2.45, 2.75) is 51.7 Å². The lowest BCUT2D eigenvalue weighted by molar-refractivity contribution is -0.133. The number of amides is 1. The van der Waals surface area contributed by atoms with Crippen LogP contribution in [0.4, 0.5) is 0 Å². The summed E-state index contributed by atoms with van der Waals surface area (Å²) < 4.78 is 0. The number of rotatable bonds is 5. The molecule has 1 aliphatic carbocycles. The number of nitrogens with zero attached hydrogens (tertiary/aromatic N) is 1. The van der Waals surface area contributed by atoms with Crippen molar-refractivity contribution in [1.82, 2.24) is 10.2 Å². The Bertz CT molecular complexity index is 338. The first-order valence-corrected chi connectivity index (χ1v) is 7.40. The number of aliphatic hydroxyl groups excluding tert-OH is 1. The van der Waals surface area contributed by atoms with E-state index in [0.29, 0.717) is 6.04 Å². The molecule has 1 aliphatic heterocycles. The monoisotopic (exact) mass is 266 g/mol. The molecule has 0 aromatic carbocycles. The van der Waals surface area contributed by atoms with Gasteiger partial charge in [0.05, 0.1) is 0 Å². The third-order valence-corrected chi connectivity index (χ3v) is 4.03. The second-order valence-corrected chi connectivity index (χ2v) is 6.15. The molecule has 4 nitrogen and oxygen atoms in total. The van der Waals surface area contributed by atoms with E-state index in [9.17, 15) is 9.90 Å². The van der Waals surface area contributed by atoms with Crippen LogP contribution < -0.4 is 5.32 Å². The van der Waals surface area contributed by atoms with E-state index in [1.165, 1.54) is 5.57 Å². The molecule has 108 valence electrons. The number of piperidine rings is 1. The van der Waals surface area contributed by atoms with Crippen LogP contribution in [-0.4, -0.2) is 47.7 Å². The summed E-state index contributed by atoms with van der Waals surface area (Å²) in [6.07, 6.45) is 5.38. The van der Waals surface area contributed by atoms with Crippen LogP contribution in [0.15, 0.2) is 11.6 Å². The van der Waals surface area contributed by atoms with Crippen molar-refractivity contribution < 1.29 is 9.90 Å². The first kappa shape index (κ1) is 14.5. The highest BCUT2D eigenvalue weighted by Crippen LogP contribution is 2.23. The van der Waals surface area contributed by atoms with Gasteiger partial charge in [-0.25, -0.2) is 0 Å². The van der Waals surface area contributed by atoms with E-state index in [0.717, 1.165) is 45.3 Å². The fourth-order valence-corrected chi connectivity index (χ4v) is 2.49. The van der Waals surface area contributed by atoms with Gasteiger partial charge in [-0.1, -0.05) is 11.6 Å². The van der Waals surface area contributed by atoms with E-state index in [1.807, 2.05) is 0 Å². The minimum absolute atomic E-state index is 0.127. The number of allylic oxidation sites excluding steroid dienone is 1. The molecule has 1 saturated heterocycles. The molecule has 2 fully saturated rings. The zero-order chi connectivity index (χ0) is 13.8. The zero-order valence-corrected chi connectivity index (χ0v) is 12.1. The quantitative estimate of drug-likeness (QED) is 0.738. The predicted molar refractivity (Wildman–Crippen MR) is 75.8 cm³/mol. The number of hydrogen-bond acceptors (Lipinski definition) is 3. The first-order chi connectivity index (χ1) is 9.06. The van der Waals surface area contributed by atoms with E-state index in [1.54, 1.807) is 0 Å². The number of hydrogen-bond donors (Lipinski definition) is 2. The van der Waals surface area contributed by atoms with Gasteiger partial charge >= 0.3 is 0 Å². The van der Waals surface area contributed by atoms with Crippen molar-refractivity contribution >= 4 is 5.91 Å². The molecule has 1 atom stereocenters. The molecule has 1 amide bonds. The summed E-state index contributed by atoms with van der Waals surface area (Å²) in [4.78, 5) is 14.2. The molecule has 0 aromatic rings. The minimum atomic E-state index is -0.814. The highest BCUT2D eigenvalue weighted by molar-refractivity contribution is 5.81. The zero-order valence-electron chi connectivity index (χ0n) is 12.1. The Morgan fingerprint density at radius 3 is 2.47 bits per heavy atom. The van der Waals surface area contributed by atoms with Gasteiger partial charge in [0.2, 0.25) is 5.91 Å². The third kappa shape index (κ3) is 4.62. The van der Waals surface area contributed by atoms with Crippen molar-refractivity contribution in [3.63, 3.8) is 0 Å². The fraction of sp³-hybridized carbons (Fsp3) is 0.800. The van der Waals surface area contributed by atoms with Gasteiger partial charge in [-0.15, -0.1) is 0 Å². The number of likely N-dealkylation sites (tertiary alicyclic amines) is 1. The van der Waals surface area contributed by atoms with Gasteiger partial charge < -0.3 is 10.4 Å². The SMILES string of the molecule is CC(C)=CCN1CCC([C@@H](O)C(=O)NC2CC2)CC1. The summed E-state index contributed by atoms with van der Waals surface area (Å²) in [5.41, 5.74) is 1.34. The number of aliphatic hydroxyl groups is 1. The summed E-state index contributed by atoms with van der Waals surface area (Å²) in [7, 11) is 0. The van der Waals surface area contributed by atoms with Crippen LogP contribution in [0.3, 0.4) is 0 Å². The van der Waals surface area contributed by atoms with Gasteiger partial charge in [0.25, 0.3) is 0 Å². The van der Waals surface area contributed by atoms with Crippen molar-refractivity contribution in [2.75, 3.05) is 19.6 Å². The molecular formula is C15H26N2O2. The van der Waals surface area contributed by atoms with Crippen LogP contribution in [0.1, 0.15) is 39.5 Å². The Kier molecular flexibility index (Phi) is 4.99. The van der Waals surface area contributed by atoms with E-state index in [2.05, 4.69) is 30.1 Å². The summed E-state index contributed by atoms with van der Waals surface area (Å²) in [6, 6.07) is 0.333. The smallest absolute Gasteiger partial charge is 0.249 e. The van der Waals surface area contributed by atoms with Gasteiger partial charge in [0, 0.05) is 12.6 Å². The maximum absolute atomic E-state index is 11.8. The van der Waals surface area contributed by atoms with Crippen LogP contribution >= 0.6 is 0 Å². The highest BCUT2D eigenvalue weighted by atomic mass is 16.3. The van der Waals surface area contributed by atoms with Gasteiger partial charge in [-0.2, -0.15) is 0 Å². The standard InChI is InChI=1S/C15H26N2O2/c1-11(2)5-8-17-9-6-12(7-10-17)14(18)15(19)16-13-3-4-13/h5,12-14,18H,3-4,6-10H2,1-2H3,(H,16,19)/t14-/m1/s1. The molecule has 0 aromatic heterocycles. The molecule has 19 heavy (non-hydrogen) atoms. The number of nitrogens with one attached hydrogen (secondary N) is 1. The minimum Gasteiger partial charge on any atom is -0.383 e. The van der Waals surface area contributed by atoms with E-state index in [-0.39, 0.29) is 11.8 Å². The van der Waals surface area contributed by atoms with E-state index in [4.69, 9.17) is 0 Å². The largest absolute Gasteiger partial charge is 0.383 e. The molecule has 2 N–H and O–H groups in total. The summed E-state index contributed by atoms with van der Waals surface area (Å²) in [5, 5.41) is 13.0. The molecule has 1 heterocycles. The Morgan fingerprint density at radius 1 is 1.32 bits per heavy atom. The highest BCUT2D eigenvalue weighted by Gasteiger charge is 2.32. The second-order valence-electron chi connectivity index (χ2n) is 6.15. The Labute approximate surface area is 115 Å². The summed E-state index contributed by atoms with van der Waals surface area (Å²) in [5.74, 6) is -0.0352. The molecule has 1 saturated carbocycles. The topological polar surface area (TPSA) is 52.6 Å². The van der Waals surface area contributed by atoms with Gasteiger partial charge in [0.15, 0.2) is 0 Å². The van der Waals surface area contributed by atoms with Crippen LogP contribution in [0.25, 0.3) is 0 Å². The van der Waals surface area contributed by atoms with E-state index >= 15 is 0 Å². The second kappa shape index (κ2) is 6.53. The lowest BCUT2D eigenvalue weighted by Crippen LogP contribution is -2.45. The van der Waals surface area contributed by atoms with Gasteiger partial charge in [-0.3, -0.25) is 9.69 Å². The van der Waals surface area contributed by atoms with Gasteiger partial charge in [-0.05, 0) is 58.5 Å². The Hall–Kier alpha value is -0.870. The summed E-state index contributed by atoms with van der Waals surface area (Å²) >= 11 is 0. The normalized spacial score (nSPS) is 22.9. The Balaban J connectivity index is 1.72. The molecule has 0 unspecified atom stereocenters. The van der Waals surface area contributed by atoms with Crippen LogP contribution in [0.2, 0.25) is 0 Å². The van der Waals surface area contributed by atoms with Crippen molar-refractivity contribution in [2.24, 2.45) is 5.92 Å². The fourth-order valence-electron chi connectivity index (χ4n) is 2.49. The molecular weight excluding hydrogens is 240 g/mol. The molecule has 2 aliphatic rings. The summed E-state index contributed by atoms with van der Waals surface area (Å²) in [6.45, 7) is 7.15. The maximum atomic E-state index is 11.8. The average Bonchev–Trinajstić information content (AvgIpc) is 3.20. The molecule has 0 spiro atoms. The van der Waals surface area contributed by atoms with Crippen molar-refractivity contribution in [3.8, 4) is 0 Å². The van der Waals surface area contributed by atoms with Crippen molar-refractivity contribution in [3.05, 3.63) is 11.6 Å². The lowest BCUT2D eigenvalue weighted by atomic mass is 9.90.